The number of para-hydroxylation sites is 2. The maximum absolute atomic E-state index is 10.4. The lowest BCUT2D eigenvalue weighted by molar-refractivity contribution is 0.449. The van der Waals surface area contributed by atoms with E-state index in [9.17, 15) is 10.2 Å². The predicted octanol–water partition coefficient (Wildman–Crippen LogP) is 6.31. The molecule has 5 rings (SSSR count). The maximum atomic E-state index is 10.4. The molecule has 5 aromatic rings. The number of pyridine rings is 2. The van der Waals surface area contributed by atoms with Crippen LogP contribution in [0, 0.1) is 13.8 Å². The smallest absolute Gasteiger partial charge is 0.128 e. The highest BCUT2D eigenvalue weighted by atomic mass is 16.3. The Morgan fingerprint density at radius 2 is 1.12 bits per heavy atom. The van der Waals surface area contributed by atoms with Crippen LogP contribution in [0.15, 0.2) is 83.0 Å². The number of hydrogen-bond donors (Lipinski definition) is 2. The number of aromatic hydroxyl groups is 2. The first kappa shape index (κ1) is 21.3. The number of aromatic nitrogens is 2. The van der Waals surface area contributed by atoms with Crippen LogP contribution in [0.3, 0.4) is 0 Å². The monoisotopic (exact) mass is 446 g/mol. The molecule has 0 aliphatic rings. The van der Waals surface area contributed by atoms with Gasteiger partial charge < -0.3 is 10.2 Å². The number of fused-ring (bicyclic) bond motifs is 2. The van der Waals surface area contributed by atoms with Crippen molar-refractivity contribution in [2.45, 2.75) is 13.8 Å². The molecule has 2 N–H and O–H groups in total. The van der Waals surface area contributed by atoms with Crippen molar-refractivity contribution >= 4 is 45.6 Å². The molecule has 0 amide bonds. The van der Waals surface area contributed by atoms with Gasteiger partial charge >= 0.3 is 0 Å². The summed E-state index contributed by atoms with van der Waals surface area (Å²) in [6.45, 7) is 4.06. The van der Waals surface area contributed by atoms with E-state index in [1.54, 1.807) is 30.9 Å². The highest BCUT2D eigenvalue weighted by molar-refractivity contribution is 5.98. The van der Waals surface area contributed by atoms with Gasteiger partial charge in [0.2, 0.25) is 0 Å². The van der Waals surface area contributed by atoms with Crippen LogP contribution in [0.25, 0.3) is 21.8 Å². The number of aliphatic imine (C=N–C) groups is 2. The minimum absolute atomic E-state index is 0.0785. The van der Waals surface area contributed by atoms with Crippen LogP contribution < -0.4 is 0 Å². The second kappa shape index (κ2) is 8.75. The lowest BCUT2D eigenvalue weighted by Gasteiger charge is -2.06. The molecular formula is C28H22N4O2. The van der Waals surface area contributed by atoms with E-state index in [-0.39, 0.29) is 11.5 Å². The van der Waals surface area contributed by atoms with E-state index >= 15 is 0 Å². The third kappa shape index (κ3) is 3.97. The van der Waals surface area contributed by atoms with Gasteiger partial charge in [-0.15, -0.1) is 0 Å². The molecular weight excluding hydrogens is 424 g/mol. The molecule has 0 saturated carbocycles. The fourth-order valence-electron chi connectivity index (χ4n) is 3.90. The maximum Gasteiger partial charge on any atom is 0.128 e. The van der Waals surface area contributed by atoms with Crippen molar-refractivity contribution in [3.63, 3.8) is 0 Å². The third-order valence-corrected chi connectivity index (χ3v) is 5.80. The zero-order valence-electron chi connectivity index (χ0n) is 18.8. The first-order valence-electron chi connectivity index (χ1n) is 10.8. The van der Waals surface area contributed by atoms with Crippen molar-refractivity contribution in [3.8, 4) is 11.5 Å². The predicted molar refractivity (Wildman–Crippen MR) is 137 cm³/mol. The lowest BCUT2D eigenvalue weighted by atomic mass is 10.1. The lowest BCUT2D eigenvalue weighted by Crippen LogP contribution is -1.90. The van der Waals surface area contributed by atoms with Crippen LogP contribution in [0.2, 0.25) is 0 Å². The van der Waals surface area contributed by atoms with Crippen LogP contribution >= 0.6 is 0 Å². The van der Waals surface area contributed by atoms with E-state index in [1.165, 1.54) is 6.07 Å². The zero-order chi connectivity index (χ0) is 23.7. The fraction of sp³-hybridized carbons (Fsp3) is 0.0714. The molecule has 34 heavy (non-hydrogen) atoms. The van der Waals surface area contributed by atoms with Gasteiger partial charge in [0.1, 0.15) is 11.5 Å². The molecule has 0 radical (unpaired) electrons. The number of hydrogen-bond acceptors (Lipinski definition) is 6. The molecule has 0 fully saturated rings. The quantitative estimate of drug-likeness (QED) is 0.316. The van der Waals surface area contributed by atoms with Crippen molar-refractivity contribution in [1.29, 1.82) is 0 Å². The Balaban J connectivity index is 1.51. The molecule has 0 spiro atoms. The average molecular weight is 447 g/mol. The summed E-state index contributed by atoms with van der Waals surface area (Å²) in [4.78, 5) is 18.0. The summed E-state index contributed by atoms with van der Waals surface area (Å²) in [5.41, 5.74) is 6.11. The third-order valence-electron chi connectivity index (χ3n) is 5.80. The largest absolute Gasteiger partial charge is 0.507 e. The van der Waals surface area contributed by atoms with Gasteiger partial charge in [-0.2, -0.15) is 0 Å². The Morgan fingerprint density at radius 1 is 0.647 bits per heavy atom. The number of aryl methyl sites for hydroxylation is 2. The Kier molecular flexibility index (Phi) is 5.47. The van der Waals surface area contributed by atoms with E-state index in [1.807, 2.05) is 62.4 Å². The van der Waals surface area contributed by atoms with Crippen molar-refractivity contribution in [2.24, 2.45) is 9.98 Å². The summed E-state index contributed by atoms with van der Waals surface area (Å²) in [7, 11) is 0. The Bertz CT molecular complexity index is 1490. The molecule has 3 aromatic carbocycles. The van der Waals surface area contributed by atoms with Gasteiger partial charge in [0, 0.05) is 52.8 Å². The molecule has 6 nitrogen and oxygen atoms in total. The van der Waals surface area contributed by atoms with Gasteiger partial charge in [-0.1, -0.05) is 24.3 Å². The van der Waals surface area contributed by atoms with E-state index < -0.39 is 0 Å². The summed E-state index contributed by atoms with van der Waals surface area (Å²) in [5, 5.41) is 22.8. The minimum Gasteiger partial charge on any atom is -0.507 e. The van der Waals surface area contributed by atoms with Crippen molar-refractivity contribution < 1.29 is 10.2 Å². The average Bonchev–Trinajstić information content (AvgIpc) is 2.83. The summed E-state index contributed by atoms with van der Waals surface area (Å²) >= 11 is 0. The molecule has 0 aliphatic carbocycles. The van der Waals surface area contributed by atoms with Crippen LogP contribution in [0.1, 0.15) is 22.3 Å². The number of phenolic OH excluding ortho intramolecular Hbond substituents is 2. The molecule has 2 heterocycles. The summed E-state index contributed by atoms with van der Waals surface area (Å²) < 4.78 is 0. The van der Waals surface area contributed by atoms with Gasteiger partial charge in [-0.05, 0) is 55.3 Å². The van der Waals surface area contributed by atoms with E-state index in [0.717, 1.165) is 32.9 Å². The summed E-state index contributed by atoms with van der Waals surface area (Å²) in [6.07, 6.45) is 6.64. The van der Waals surface area contributed by atoms with Crippen LogP contribution in [-0.2, 0) is 0 Å². The molecule has 0 unspecified atom stereocenters. The summed E-state index contributed by atoms with van der Waals surface area (Å²) in [6, 6.07) is 18.5. The van der Waals surface area contributed by atoms with Gasteiger partial charge in [0.25, 0.3) is 0 Å². The van der Waals surface area contributed by atoms with E-state index in [4.69, 9.17) is 0 Å². The van der Waals surface area contributed by atoms with Crippen LogP contribution in [0.4, 0.5) is 11.4 Å². The number of phenols is 2. The molecule has 0 bridgehead atoms. The Hall–Kier alpha value is -4.58. The highest BCUT2D eigenvalue weighted by Crippen LogP contribution is 2.30. The topological polar surface area (TPSA) is 91.0 Å². The van der Waals surface area contributed by atoms with Gasteiger partial charge in [0.05, 0.1) is 22.4 Å². The van der Waals surface area contributed by atoms with Crippen molar-refractivity contribution in [3.05, 3.63) is 95.3 Å². The molecule has 0 aliphatic heterocycles. The number of benzene rings is 3. The zero-order valence-corrected chi connectivity index (χ0v) is 18.8. The fourth-order valence-corrected chi connectivity index (χ4v) is 3.90. The first-order valence-corrected chi connectivity index (χ1v) is 10.8. The molecule has 6 heteroatoms. The number of rotatable bonds is 4. The van der Waals surface area contributed by atoms with Crippen molar-refractivity contribution in [1.82, 2.24) is 9.97 Å². The molecule has 0 saturated heterocycles. The van der Waals surface area contributed by atoms with Gasteiger partial charge in [-0.3, -0.25) is 20.0 Å². The highest BCUT2D eigenvalue weighted by Gasteiger charge is 2.08. The minimum atomic E-state index is -0.0785. The SMILES string of the molecule is Cc1ccnc2c(N=Cc3cc(C=Nc4cccc5c(C)ccnc45)c(O)cc3O)cccc12. The first-order chi connectivity index (χ1) is 16.5. The molecule has 2 aromatic heterocycles. The Morgan fingerprint density at radius 3 is 1.59 bits per heavy atom. The van der Waals surface area contributed by atoms with Crippen LogP contribution in [-0.4, -0.2) is 32.6 Å². The van der Waals surface area contributed by atoms with Gasteiger partial charge in [-0.25, -0.2) is 0 Å². The van der Waals surface area contributed by atoms with Crippen LogP contribution in [0.5, 0.6) is 11.5 Å². The summed E-state index contributed by atoms with van der Waals surface area (Å²) in [5.74, 6) is -0.157. The van der Waals surface area contributed by atoms with E-state index in [2.05, 4.69) is 20.0 Å². The van der Waals surface area contributed by atoms with Gasteiger partial charge in [0.15, 0.2) is 0 Å². The normalized spacial score (nSPS) is 11.8. The molecule has 0 atom stereocenters. The Labute approximate surface area is 196 Å². The second-order valence-electron chi connectivity index (χ2n) is 8.09. The number of nitrogens with zero attached hydrogens (tertiary/aromatic N) is 4. The second-order valence-corrected chi connectivity index (χ2v) is 8.09. The van der Waals surface area contributed by atoms with Crippen molar-refractivity contribution in [2.75, 3.05) is 0 Å². The standard InChI is InChI=1S/C28H22N4O2/c1-17-9-11-29-27-21(17)5-3-7-23(27)31-15-19-13-20(26(34)14-25(19)33)16-32-24-8-4-6-22-18(2)10-12-30-28(22)24/h3-16,33-34H,1-2H3. The van der Waals surface area contributed by atoms with E-state index in [0.29, 0.717) is 22.5 Å². The molecule has 166 valence electrons.